The van der Waals surface area contributed by atoms with Crippen LogP contribution in [-0.2, 0) is 6.54 Å². The number of hydrogen-bond acceptors (Lipinski definition) is 2. The zero-order valence-electron chi connectivity index (χ0n) is 7.92. The lowest BCUT2D eigenvalue weighted by atomic mass is 10.2. The van der Waals surface area contributed by atoms with Crippen LogP contribution in [0.25, 0.3) is 0 Å². The molecule has 3 heteroatoms. The van der Waals surface area contributed by atoms with Crippen LogP contribution in [0.15, 0.2) is 18.2 Å². The van der Waals surface area contributed by atoms with Crippen LogP contribution in [0.4, 0.5) is 0 Å². The summed E-state index contributed by atoms with van der Waals surface area (Å²) in [4.78, 5) is 0. The minimum Gasteiger partial charge on any atom is -0.506 e. The van der Waals surface area contributed by atoms with Gasteiger partial charge in [0.15, 0.2) is 0 Å². The third kappa shape index (κ3) is 2.95. The van der Waals surface area contributed by atoms with Crippen molar-refractivity contribution in [3.63, 3.8) is 0 Å². The molecule has 0 aromatic heterocycles. The van der Waals surface area contributed by atoms with E-state index in [4.69, 9.17) is 18.0 Å². The van der Waals surface area contributed by atoms with Gasteiger partial charge in [-0.25, -0.2) is 0 Å². The third-order valence-electron chi connectivity index (χ3n) is 1.87. The van der Waals surface area contributed by atoms with E-state index in [9.17, 15) is 5.11 Å². The summed E-state index contributed by atoms with van der Waals surface area (Å²) in [5.41, 5.74) is 0.995. The predicted octanol–water partition coefficient (Wildman–Crippen LogP) is 2.16. The van der Waals surface area contributed by atoms with Crippen LogP contribution in [0, 0.1) is 12.3 Å². The number of phenolic OH excluding ortho intramolecular Hbond substituents is 1. The normalized spacial score (nSPS) is 12.1. The highest BCUT2D eigenvalue weighted by Gasteiger charge is 2.01. The van der Waals surface area contributed by atoms with Gasteiger partial charge in [0.1, 0.15) is 5.75 Å². The Hall–Kier alpha value is -1.17. The number of nitrogens with one attached hydrogen (secondary N) is 1. The fourth-order valence-corrected chi connectivity index (χ4v) is 1.19. The average Bonchev–Trinajstić information content (AvgIpc) is 2.19. The summed E-state index contributed by atoms with van der Waals surface area (Å²) in [6.07, 6.45) is 5.21. The van der Waals surface area contributed by atoms with Gasteiger partial charge in [-0.1, -0.05) is 23.6 Å². The number of aromatic hydroxyl groups is 1. The largest absolute Gasteiger partial charge is 0.506 e. The van der Waals surface area contributed by atoms with Gasteiger partial charge in [0, 0.05) is 6.54 Å². The van der Waals surface area contributed by atoms with E-state index in [0.717, 1.165) is 5.56 Å². The zero-order valence-corrected chi connectivity index (χ0v) is 8.67. The molecule has 0 aliphatic rings. The average molecular weight is 210 g/mol. The molecule has 0 fully saturated rings. The summed E-state index contributed by atoms with van der Waals surface area (Å²) in [5, 5.41) is 12.7. The van der Waals surface area contributed by atoms with E-state index in [2.05, 4.69) is 11.2 Å². The first kappa shape index (κ1) is 10.9. The molecular formula is C11H12ClNO. The Morgan fingerprint density at radius 2 is 2.36 bits per heavy atom. The molecule has 0 bridgehead atoms. The van der Waals surface area contributed by atoms with Crippen molar-refractivity contribution < 1.29 is 5.11 Å². The van der Waals surface area contributed by atoms with E-state index < -0.39 is 0 Å². The number of halogens is 1. The summed E-state index contributed by atoms with van der Waals surface area (Å²) in [5.74, 6) is 2.67. The minimum absolute atomic E-state index is 0.0302. The Labute approximate surface area is 88.9 Å². The molecular weight excluding hydrogens is 198 g/mol. The lowest BCUT2D eigenvalue weighted by Crippen LogP contribution is -2.23. The van der Waals surface area contributed by atoms with Crippen LogP contribution in [0.2, 0.25) is 5.02 Å². The second-order valence-electron chi connectivity index (χ2n) is 3.06. The van der Waals surface area contributed by atoms with Crippen molar-refractivity contribution in [2.45, 2.75) is 19.5 Å². The maximum absolute atomic E-state index is 9.18. The summed E-state index contributed by atoms with van der Waals surface area (Å²) < 4.78 is 0. The number of hydrogen-bond donors (Lipinski definition) is 2. The van der Waals surface area contributed by atoms with E-state index >= 15 is 0 Å². The lowest BCUT2D eigenvalue weighted by molar-refractivity contribution is 0.475. The van der Waals surface area contributed by atoms with Crippen molar-refractivity contribution in [3.05, 3.63) is 28.8 Å². The van der Waals surface area contributed by atoms with Crippen molar-refractivity contribution in [2.24, 2.45) is 0 Å². The number of terminal acetylenes is 1. The van der Waals surface area contributed by atoms with Crippen LogP contribution in [0.1, 0.15) is 12.5 Å². The Balaban J connectivity index is 2.61. The van der Waals surface area contributed by atoms with E-state index in [-0.39, 0.29) is 11.8 Å². The molecule has 0 heterocycles. The molecule has 0 aliphatic carbocycles. The monoisotopic (exact) mass is 209 g/mol. The molecule has 1 aromatic carbocycles. The first-order valence-electron chi connectivity index (χ1n) is 4.30. The first-order chi connectivity index (χ1) is 6.63. The molecule has 1 atom stereocenters. The molecule has 0 amide bonds. The molecule has 1 rings (SSSR count). The fourth-order valence-electron chi connectivity index (χ4n) is 0.990. The number of phenols is 1. The summed E-state index contributed by atoms with van der Waals surface area (Å²) >= 11 is 5.74. The van der Waals surface area contributed by atoms with Gasteiger partial charge in [0.05, 0.1) is 11.1 Å². The molecule has 1 aromatic rings. The second kappa shape index (κ2) is 4.90. The SMILES string of the molecule is C#CC(C)NCc1ccc(O)c(Cl)c1. The molecule has 14 heavy (non-hydrogen) atoms. The summed E-state index contributed by atoms with van der Waals surface area (Å²) in [6.45, 7) is 2.55. The molecule has 1 unspecified atom stereocenters. The van der Waals surface area contributed by atoms with Crippen molar-refractivity contribution in [1.82, 2.24) is 5.32 Å². The van der Waals surface area contributed by atoms with Crippen molar-refractivity contribution in [3.8, 4) is 18.1 Å². The Morgan fingerprint density at radius 3 is 2.93 bits per heavy atom. The quantitative estimate of drug-likeness (QED) is 0.748. The predicted molar refractivity (Wildman–Crippen MR) is 58.3 cm³/mol. The third-order valence-corrected chi connectivity index (χ3v) is 2.18. The molecule has 0 spiro atoms. The highest BCUT2D eigenvalue weighted by atomic mass is 35.5. The van der Waals surface area contributed by atoms with Crippen molar-refractivity contribution in [2.75, 3.05) is 0 Å². The van der Waals surface area contributed by atoms with Gasteiger partial charge in [0.25, 0.3) is 0 Å². The maximum atomic E-state index is 9.18. The maximum Gasteiger partial charge on any atom is 0.134 e. The fraction of sp³-hybridized carbons (Fsp3) is 0.273. The molecule has 0 saturated carbocycles. The van der Waals surface area contributed by atoms with Crippen LogP contribution < -0.4 is 5.32 Å². The van der Waals surface area contributed by atoms with Gasteiger partial charge in [-0.2, -0.15) is 0 Å². The van der Waals surface area contributed by atoms with Gasteiger partial charge in [-0.15, -0.1) is 6.42 Å². The van der Waals surface area contributed by atoms with Gasteiger partial charge < -0.3 is 5.11 Å². The van der Waals surface area contributed by atoms with Crippen LogP contribution in [0.5, 0.6) is 5.75 Å². The van der Waals surface area contributed by atoms with E-state index in [1.165, 1.54) is 0 Å². The Kier molecular flexibility index (Phi) is 3.82. The second-order valence-corrected chi connectivity index (χ2v) is 3.46. The van der Waals surface area contributed by atoms with Gasteiger partial charge in [0.2, 0.25) is 0 Å². The topological polar surface area (TPSA) is 32.3 Å². The van der Waals surface area contributed by atoms with E-state index in [1.54, 1.807) is 18.2 Å². The molecule has 0 radical (unpaired) electrons. The minimum atomic E-state index is 0.0302. The Bertz CT molecular complexity index is 357. The zero-order chi connectivity index (χ0) is 10.6. The summed E-state index contributed by atoms with van der Waals surface area (Å²) in [6, 6.07) is 5.12. The molecule has 0 saturated heterocycles. The van der Waals surface area contributed by atoms with Gasteiger partial charge in [-0.3, -0.25) is 5.32 Å². The summed E-state index contributed by atoms with van der Waals surface area (Å²) in [7, 11) is 0. The van der Waals surface area contributed by atoms with Crippen LogP contribution >= 0.6 is 11.6 Å². The van der Waals surface area contributed by atoms with Crippen LogP contribution in [-0.4, -0.2) is 11.1 Å². The molecule has 74 valence electrons. The smallest absolute Gasteiger partial charge is 0.134 e. The number of rotatable bonds is 3. The molecule has 2 nitrogen and oxygen atoms in total. The van der Waals surface area contributed by atoms with Crippen LogP contribution in [0.3, 0.4) is 0 Å². The molecule has 0 aliphatic heterocycles. The van der Waals surface area contributed by atoms with Gasteiger partial charge in [-0.05, 0) is 24.6 Å². The van der Waals surface area contributed by atoms with E-state index in [0.29, 0.717) is 11.6 Å². The molecule has 2 N–H and O–H groups in total. The van der Waals surface area contributed by atoms with Crippen molar-refractivity contribution in [1.29, 1.82) is 0 Å². The van der Waals surface area contributed by atoms with E-state index in [1.807, 2.05) is 6.92 Å². The van der Waals surface area contributed by atoms with Crippen molar-refractivity contribution >= 4 is 11.6 Å². The highest BCUT2D eigenvalue weighted by Crippen LogP contribution is 2.23. The Morgan fingerprint density at radius 1 is 1.64 bits per heavy atom. The lowest BCUT2D eigenvalue weighted by Gasteiger charge is -2.07. The van der Waals surface area contributed by atoms with Gasteiger partial charge >= 0.3 is 0 Å². The first-order valence-corrected chi connectivity index (χ1v) is 4.68. The highest BCUT2D eigenvalue weighted by molar-refractivity contribution is 6.32. The standard InChI is InChI=1S/C11H12ClNO/c1-3-8(2)13-7-9-4-5-11(14)10(12)6-9/h1,4-6,8,13-14H,7H2,2H3. The number of benzene rings is 1.